The predicted octanol–water partition coefficient (Wildman–Crippen LogP) is 2.80. The van der Waals surface area contributed by atoms with Crippen molar-refractivity contribution in [2.45, 2.75) is 71.3 Å². The summed E-state index contributed by atoms with van der Waals surface area (Å²) in [5.41, 5.74) is 0. The van der Waals surface area contributed by atoms with Crippen molar-refractivity contribution >= 4 is 18.2 Å². The lowest BCUT2D eigenvalue weighted by Crippen LogP contribution is -2.25. The number of rotatable bonds is 12. The van der Waals surface area contributed by atoms with Crippen molar-refractivity contribution in [1.82, 2.24) is 0 Å². The zero-order valence-corrected chi connectivity index (χ0v) is 12.6. The van der Waals surface area contributed by atoms with E-state index >= 15 is 0 Å². The highest BCUT2D eigenvalue weighted by atomic mass is 16.6. The number of carbonyl (C=O) groups excluding carboxylic acids is 3. The summed E-state index contributed by atoms with van der Waals surface area (Å²) < 4.78 is 10.3. The van der Waals surface area contributed by atoms with E-state index in [4.69, 9.17) is 9.47 Å². The molecule has 1 unspecified atom stereocenters. The van der Waals surface area contributed by atoms with Gasteiger partial charge in [0.05, 0.1) is 0 Å². The van der Waals surface area contributed by atoms with Gasteiger partial charge >= 0.3 is 11.9 Å². The van der Waals surface area contributed by atoms with Gasteiger partial charge in [0.25, 0.3) is 0 Å². The van der Waals surface area contributed by atoms with E-state index in [-0.39, 0.29) is 25.0 Å². The van der Waals surface area contributed by atoms with Crippen LogP contribution in [0.5, 0.6) is 0 Å². The molecule has 0 heterocycles. The maximum absolute atomic E-state index is 11.5. The van der Waals surface area contributed by atoms with Gasteiger partial charge in [0, 0.05) is 19.3 Å². The molecule has 0 aliphatic heterocycles. The largest absolute Gasteiger partial charge is 0.462 e. The molecular weight excluding hydrogens is 260 g/mol. The summed E-state index contributed by atoms with van der Waals surface area (Å²) in [5.74, 6) is -0.583. The van der Waals surface area contributed by atoms with E-state index in [9.17, 15) is 14.4 Å². The van der Waals surface area contributed by atoms with Crippen molar-refractivity contribution < 1.29 is 23.9 Å². The molecule has 0 fully saturated rings. The van der Waals surface area contributed by atoms with Crippen molar-refractivity contribution in [2.24, 2.45) is 0 Å². The highest BCUT2D eigenvalue weighted by molar-refractivity contribution is 5.70. The van der Waals surface area contributed by atoms with E-state index in [1.54, 1.807) is 0 Å². The average molecular weight is 286 g/mol. The summed E-state index contributed by atoms with van der Waals surface area (Å²) in [6.45, 7) is 4.02. The van der Waals surface area contributed by atoms with Crippen LogP contribution < -0.4 is 0 Å². The zero-order valence-electron chi connectivity index (χ0n) is 12.6. The van der Waals surface area contributed by atoms with Crippen molar-refractivity contribution in [3.8, 4) is 0 Å². The minimum absolute atomic E-state index is 0.0360. The molecule has 0 aliphatic rings. The van der Waals surface area contributed by atoms with E-state index in [2.05, 4.69) is 0 Å². The second-order valence-corrected chi connectivity index (χ2v) is 4.75. The van der Waals surface area contributed by atoms with Crippen LogP contribution in [-0.2, 0) is 23.9 Å². The Morgan fingerprint density at radius 3 is 2.20 bits per heavy atom. The first kappa shape index (κ1) is 18.6. The van der Waals surface area contributed by atoms with Gasteiger partial charge in [0.1, 0.15) is 19.0 Å². The summed E-state index contributed by atoms with van der Waals surface area (Å²) in [5, 5.41) is 0. The maximum atomic E-state index is 11.5. The quantitative estimate of drug-likeness (QED) is 0.407. The lowest BCUT2D eigenvalue weighted by atomic mass is 10.2. The van der Waals surface area contributed by atoms with Crippen molar-refractivity contribution in [1.29, 1.82) is 0 Å². The van der Waals surface area contributed by atoms with Gasteiger partial charge in [-0.25, -0.2) is 0 Å². The minimum Gasteiger partial charge on any atom is -0.462 e. The Balaban J connectivity index is 4.09. The van der Waals surface area contributed by atoms with Crippen LogP contribution in [-0.4, -0.2) is 30.9 Å². The second-order valence-electron chi connectivity index (χ2n) is 4.75. The summed E-state index contributed by atoms with van der Waals surface area (Å²) in [6, 6.07) is 0. The molecule has 0 aromatic carbocycles. The molecule has 116 valence electrons. The van der Waals surface area contributed by atoms with Crippen LogP contribution in [0.15, 0.2) is 0 Å². The molecule has 0 saturated heterocycles. The fraction of sp³-hybridized carbons (Fsp3) is 0.800. The molecule has 0 radical (unpaired) electrons. The Morgan fingerprint density at radius 2 is 1.65 bits per heavy atom. The minimum atomic E-state index is -0.518. The van der Waals surface area contributed by atoms with Crippen LogP contribution in [0.25, 0.3) is 0 Å². The number of carbonyl (C=O) groups is 3. The van der Waals surface area contributed by atoms with Crippen LogP contribution in [0, 0.1) is 0 Å². The number of hydrogen-bond donors (Lipinski definition) is 0. The van der Waals surface area contributed by atoms with Gasteiger partial charge in [-0.2, -0.15) is 0 Å². The van der Waals surface area contributed by atoms with Gasteiger partial charge in [-0.1, -0.05) is 26.7 Å². The van der Waals surface area contributed by atoms with Crippen LogP contribution >= 0.6 is 0 Å². The molecule has 0 saturated carbocycles. The van der Waals surface area contributed by atoms with E-state index in [0.717, 1.165) is 32.0 Å². The number of aldehydes is 1. The molecule has 0 aliphatic carbocycles. The Hall–Kier alpha value is -1.39. The number of esters is 2. The average Bonchev–Trinajstić information content (AvgIpc) is 2.45. The standard InChI is InChI=1S/C15H26O5/c1-3-5-9-14(17)19-12-13(8-7-11-16)20-15(18)10-6-4-2/h11,13H,3-10,12H2,1-2H3. The van der Waals surface area contributed by atoms with E-state index in [0.29, 0.717) is 19.3 Å². The lowest BCUT2D eigenvalue weighted by Gasteiger charge is -2.17. The van der Waals surface area contributed by atoms with Gasteiger partial charge in [-0.15, -0.1) is 0 Å². The molecule has 5 nitrogen and oxygen atoms in total. The van der Waals surface area contributed by atoms with Gasteiger partial charge in [-0.05, 0) is 19.3 Å². The van der Waals surface area contributed by atoms with Crippen LogP contribution in [0.2, 0.25) is 0 Å². The highest BCUT2D eigenvalue weighted by Gasteiger charge is 2.16. The molecule has 0 spiro atoms. The third kappa shape index (κ3) is 10.5. The third-order valence-corrected chi connectivity index (χ3v) is 2.80. The van der Waals surface area contributed by atoms with E-state index < -0.39 is 6.10 Å². The molecule has 5 heteroatoms. The molecule has 20 heavy (non-hydrogen) atoms. The molecule has 0 amide bonds. The molecule has 0 aromatic heterocycles. The van der Waals surface area contributed by atoms with Crippen LogP contribution in [0.1, 0.15) is 65.2 Å². The van der Waals surface area contributed by atoms with E-state index in [1.165, 1.54) is 0 Å². The van der Waals surface area contributed by atoms with Crippen molar-refractivity contribution in [2.75, 3.05) is 6.61 Å². The monoisotopic (exact) mass is 286 g/mol. The second kappa shape index (κ2) is 12.6. The van der Waals surface area contributed by atoms with Crippen LogP contribution in [0.3, 0.4) is 0 Å². The molecule has 0 rings (SSSR count). The first-order valence-corrected chi connectivity index (χ1v) is 7.42. The fourth-order valence-electron chi connectivity index (χ4n) is 1.58. The zero-order chi connectivity index (χ0) is 15.2. The topological polar surface area (TPSA) is 69.7 Å². The van der Waals surface area contributed by atoms with Gasteiger partial charge < -0.3 is 14.3 Å². The summed E-state index contributed by atoms with van der Waals surface area (Å²) in [6.07, 6.45) is 5.07. The fourth-order valence-corrected chi connectivity index (χ4v) is 1.58. The van der Waals surface area contributed by atoms with Crippen LogP contribution in [0.4, 0.5) is 0 Å². The predicted molar refractivity (Wildman–Crippen MR) is 75.2 cm³/mol. The SMILES string of the molecule is CCCCC(=O)OCC(CCC=O)OC(=O)CCCC. The van der Waals surface area contributed by atoms with Crippen molar-refractivity contribution in [3.63, 3.8) is 0 Å². The Morgan fingerprint density at radius 1 is 1.05 bits per heavy atom. The third-order valence-electron chi connectivity index (χ3n) is 2.80. The van der Waals surface area contributed by atoms with Gasteiger partial charge in [0.2, 0.25) is 0 Å². The summed E-state index contributed by atoms with van der Waals surface area (Å²) >= 11 is 0. The van der Waals surface area contributed by atoms with Crippen molar-refractivity contribution in [3.05, 3.63) is 0 Å². The maximum Gasteiger partial charge on any atom is 0.306 e. The van der Waals surface area contributed by atoms with E-state index in [1.807, 2.05) is 13.8 Å². The Bertz CT molecular complexity index is 288. The number of ether oxygens (including phenoxy) is 2. The Labute approximate surface area is 121 Å². The van der Waals surface area contributed by atoms with Gasteiger partial charge in [-0.3, -0.25) is 9.59 Å². The summed E-state index contributed by atoms with van der Waals surface area (Å²) in [7, 11) is 0. The summed E-state index contributed by atoms with van der Waals surface area (Å²) in [4.78, 5) is 33.3. The first-order valence-electron chi connectivity index (χ1n) is 7.42. The molecule has 0 aromatic rings. The molecular formula is C15H26O5. The molecule has 1 atom stereocenters. The normalized spacial score (nSPS) is 11.7. The highest BCUT2D eigenvalue weighted by Crippen LogP contribution is 2.07. The van der Waals surface area contributed by atoms with Gasteiger partial charge in [0.15, 0.2) is 0 Å². The molecule has 0 bridgehead atoms. The Kier molecular flexibility index (Phi) is 11.8. The first-order chi connectivity index (χ1) is 9.63. The smallest absolute Gasteiger partial charge is 0.306 e. The lowest BCUT2D eigenvalue weighted by molar-refractivity contribution is -0.159. The molecule has 0 N–H and O–H groups in total. The number of unbranched alkanes of at least 4 members (excludes halogenated alkanes) is 2. The number of hydrogen-bond acceptors (Lipinski definition) is 5.